The largest absolute Gasteiger partial charge is 0.450 e. The molecule has 308 valence electrons. The SMILES string of the molecule is CCCNc1ccc2c(c1S(=O)(=O)CCOSOOO)Oc1c(Cl)c3c(c(Cl)c1=N2)Oc1c(ccc(NCCOSOOO)c1S(=O)(=O)CCOS(=O)(=O)O)N=3. The van der Waals surface area contributed by atoms with Crippen LogP contribution in [0.2, 0.25) is 10.0 Å². The monoisotopic (exact) mass is 926 g/mol. The summed E-state index contributed by atoms with van der Waals surface area (Å²) in [6.45, 7) is 0.715. The van der Waals surface area contributed by atoms with Crippen molar-refractivity contribution in [2.24, 2.45) is 9.98 Å². The number of ether oxygens (including phenoxy) is 2. The van der Waals surface area contributed by atoms with Crippen molar-refractivity contribution in [3.8, 4) is 23.0 Å². The predicted molar refractivity (Wildman–Crippen MR) is 197 cm³/mol. The fourth-order valence-electron chi connectivity index (χ4n) is 5.04. The van der Waals surface area contributed by atoms with Crippen LogP contribution in [0.5, 0.6) is 23.0 Å². The van der Waals surface area contributed by atoms with Gasteiger partial charge in [0.1, 0.15) is 41.9 Å². The molecule has 0 aromatic heterocycles. The van der Waals surface area contributed by atoms with Gasteiger partial charge in [0.2, 0.25) is 0 Å². The molecule has 22 nitrogen and oxygen atoms in total. The molecular weight excluding hydrogens is 900 g/mol. The minimum atomic E-state index is -4.99. The standard InChI is InChI=1S/C27H28Cl2N4O18S5/c1-2-7-30-16-5-3-14-22(26(16)54(36,37)12-10-44-53-51-49-35)46-24-18(28)21-25(19(29)20(24)32-14)47-23-15(33-21)4-6-17(31-8-9-43-52-50-48-34)27(23)55(38,39)13-11-45-56(40,41)42/h3-6,30-31,34-35H,2,7-13H2,1H3,(H,40,41,42). The van der Waals surface area contributed by atoms with Crippen LogP contribution in [0.25, 0.3) is 0 Å². The molecule has 2 heterocycles. The first kappa shape index (κ1) is 44.3. The maximum absolute atomic E-state index is 13.7. The molecule has 0 amide bonds. The van der Waals surface area contributed by atoms with E-state index in [1.807, 2.05) is 6.92 Å². The lowest BCUT2D eigenvalue weighted by Gasteiger charge is -2.25. The highest BCUT2D eigenvalue weighted by atomic mass is 35.5. The number of nitrogens with one attached hydrogen (secondary N) is 2. The van der Waals surface area contributed by atoms with Crippen molar-refractivity contribution in [1.82, 2.24) is 0 Å². The molecule has 29 heteroatoms. The summed E-state index contributed by atoms with van der Waals surface area (Å²) in [5.74, 6) is -2.58. The zero-order chi connectivity index (χ0) is 40.7. The molecule has 0 aliphatic carbocycles. The van der Waals surface area contributed by atoms with E-state index in [0.717, 1.165) is 0 Å². The second-order valence-corrected chi connectivity index (χ2v) is 17.8. The summed E-state index contributed by atoms with van der Waals surface area (Å²) < 4.78 is 121. The van der Waals surface area contributed by atoms with Crippen LogP contribution in [0, 0.1) is 0 Å². The molecule has 0 spiro atoms. The van der Waals surface area contributed by atoms with Gasteiger partial charge in [-0.05, 0) is 30.7 Å². The maximum atomic E-state index is 13.7. The quantitative estimate of drug-likeness (QED) is 0.0206. The van der Waals surface area contributed by atoms with Gasteiger partial charge >= 0.3 is 10.4 Å². The van der Waals surface area contributed by atoms with Gasteiger partial charge in [0.05, 0.1) is 42.7 Å². The average Bonchev–Trinajstić information content (AvgIpc) is 3.15. The van der Waals surface area contributed by atoms with Gasteiger partial charge in [-0.15, -0.1) is 8.67 Å². The van der Waals surface area contributed by atoms with E-state index in [1.54, 1.807) is 0 Å². The van der Waals surface area contributed by atoms with Crippen LogP contribution >= 0.6 is 47.8 Å². The van der Waals surface area contributed by atoms with Crippen molar-refractivity contribution < 1.29 is 81.1 Å². The van der Waals surface area contributed by atoms with Crippen molar-refractivity contribution in [2.45, 2.75) is 23.1 Å². The molecule has 2 aliphatic heterocycles. The Labute approximate surface area is 336 Å². The summed E-state index contributed by atoms with van der Waals surface area (Å²) in [5.41, 5.74) is 0.0450. The lowest BCUT2D eigenvalue weighted by atomic mass is 10.2. The Balaban J connectivity index is 1.60. The van der Waals surface area contributed by atoms with Gasteiger partial charge in [0.25, 0.3) is 0 Å². The third-order valence-electron chi connectivity index (χ3n) is 7.22. The molecule has 3 aromatic carbocycles. The van der Waals surface area contributed by atoms with E-state index in [1.165, 1.54) is 24.3 Å². The smallest absolute Gasteiger partial charge is 0.397 e. The zero-order valence-corrected chi connectivity index (χ0v) is 33.7. The first-order valence-corrected chi connectivity index (χ1v) is 22.1. The Kier molecular flexibility index (Phi) is 15.3. The van der Waals surface area contributed by atoms with Crippen LogP contribution in [0.15, 0.2) is 44.0 Å². The van der Waals surface area contributed by atoms with Crippen LogP contribution < -0.4 is 30.8 Å². The topological polar surface area (TPSA) is 295 Å². The number of benzene rings is 3. The number of rotatable bonds is 22. The molecule has 5 N–H and O–H groups in total. The predicted octanol–water partition coefficient (Wildman–Crippen LogP) is 4.71. The van der Waals surface area contributed by atoms with Gasteiger partial charge in [0.15, 0.2) is 67.3 Å². The van der Waals surface area contributed by atoms with E-state index in [2.05, 4.69) is 43.5 Å². The molecule has 0 unspecified atom stereocenters. The van der Waals surface area contributed by atoms with Gasteiger partial charge < -0.3 is 20.1 Å². The van der Waals surface area contributed by atoms with Gasteiger partial charge in [0, 0.05) is 13.1 Å². The first-order valence-electron chi connectivity index (χ1n) is 15.4. The maximum Gasteiger partial charge on any atom is 0.397 e. The number of anilines is 2. The lowest BCUT2D eigenvalue weighted by Crippen LogP contribution is -2.24. The Morgan fingerprint density at radius 3 is 1.62 bits per heavy atom. The Bertz CT molecular complexity index is 2410. The number of halogens is 2. The van der Waals surface area contributed by atoms with Gasteiger partial charge in [-0.1, -0.05) is 40.2 Å². The Morgan fingerprint density at radius 1 is 0.696 bits per heavy atom. The van der Waals surface area contributed by atoms with Crippen molar-refractivity contribution >= 4 is 101 Å². The highest BCUT2D eigenvalue weighted by molar-refractivity contribution is 7.92. The van der Waals surface area contributed by atoms with Crippen molar-refractivity contribution in [1.29, 1.82) is 0 Å². The van der Waals surface area contributed by atoms with Gasteiger partial charge in [-0.2, -0.15) is 8.42 Å². The molecule has 5 rings (SSSR count). The summed E-state index contributed by atoms with van der Waals surface area (Å²) in [7, 11) is -13.7. The van der Waals surface area contributed by atoms with E-state index in [9.17, 15) is 25.3 Å². The minimum Gasteiger partial charge on any atom is -0.450 e. The molecule has 0 radical (unpaired) electrons. The van der Waals surface area contributed by atoms with Crippen LogP contribution in [-0.2, 0) is 61.4 Å². The Morgan fingerprint density at radius 2 is 1.16 bits per heavy atom. The summed E-state index contributed by atoms with van der Waals surface area (Å²) in [4.78, 5) is 8.24. The van der Waals surface area contributed by atoms with E-state index < -0.39 is 59.7 Å². The molecular formula is C27H28Cl2N4O18S5. The third kappa shape index (κ3) is 10.4. The highest BCUT2D eigenvalue weighted by Crippen LogP contribution is 2.49. The minimum absolute atomic E-state index is 0.0152. The first-order chi connectivity index (χ1) is 26.6. The van der Waals surface area contributed by atoms with Crippen molar-refractivity contribution in [3.05, 3.63) is 45.0 Å². The second kappa shape index (κ2) is 19.3. The van der Waals surface area contributed by atoms with E-state index in [-0.39, 0.29) is 109 Å². The summed E-state index contributed by atoms with van der Waals surface area (Å²) in [5, 5.41) is 28.5. The molecule has 0 saturated carbocycles. The average molecular weight is 928 g/mol. The third-order valence-corrected chi connectivity index (χ3v) is 12.6. The number of fused-ring (bicyclic) bond motifs is 4. The molecule has 0 atom stereocenters. The van der Waals surface area contributed by atoms with E-state index >= 15 is 0 Å². The number of nitrogens with zero attached hydrogens (tertiary/aromatic N) is 2. The summed E-state index contributed by atoms with van der Waals surface area (Å²) in [6.07, 6.45) is 0.641. The fraction of sp³-hybridized carbons (Fsp3) is 0.333. The van der Waals surface area contributed by atoms with Crippen LogP contribution in [0.1, 0.15) is 13.3 Å². The molecule has 3 aromatic rings. The summed E-state index contributed by atoms with van der Waals surface area (Å²) in [6, 6.07) is 5.63. The van der Waals surface area contributed by atoms with E-state index in [0.29, 0.717) is 13.0 Å². The van der Waals surface area contributed by atoms with Crippen LogP contribution in [-0.4, -0.2) is 84.7 Å². The number of sulfone groups is 2. The van der Waals surface area contributed by atoms with Crippen LogP contribution in [0.3, 0.4) is 0 Å². The molecule has 0 saturated heterocycles. The van der Waals surface area contributed by atoms with Crippen molar-refractivity contribution in [2.75, 3.05) is 55.0 Å². The van der Waals surface area contributed by atoms with Crippen LogP contribution in [0.4, 0.5) is 22.7 Å². The number of hydrogen-bond donors (Lipinski definition) is 5. The second-order valence-electron chi connectivity index (χ2n) is 10.8. The van der Waals surface area contributed by atoms with E-state index in [4.69, 9.17) is 56.1 Å². The lowest BCUT2D eigenvalue weighted by molar-refractivity contribution is -0.434. The van der Waals surface area contributed by atoms with Gasteiger partial charge in [-0.25, -0.2) is 41.5 Å². The fourth-order valence-corrected chi connectivity index (χ4v) is 9.31. The normalized spacial score (nSPS) is 13.2. The zero-order valence-electron chi connectivity index (χ0n) is 28.1. The summed E-state index contributed by atoms with van der Waals surface area (Å²) >= 11 is 14.1. The van der Waals surface area contributed by atoms with Crippen molar-refractivity contribution in [3.63, 3.8) is 0 Å². The van der Waals surface area contributed by atoms with Gasteiger partial charge in [-0.3, -0.25) is 12.9 Å². The molecule has 0 fully saturated rings. The Hall–Kier alpha value is -2.81. The number of hydrogen-bond acceptors (Lipinski definition) is 23. The highest BCUT2D eigenvalue weighted by Gasteiger charge is 2.35. The molecule has 0 bridgehead atoms. The molecule has 2 aliphatic rings. The molecule has 56 heavy (non-hydrogen) atoms.